The molecule has 0 aromatic heterocycles. The molecule has 0 amide bonds. The number of nitrogens with zero attached hydrogens (tertiary/aromatic N) is 1. The molecular formula is C11H11F2NO. The molecule has 2 nitrogen and oxygen atoms in total. The van der Waals surface area contributed by atoms with Crippen LogP contribution in [-0.4, -0.2) is 6.61 Å². The van der Waals surface area contributed by atoms with E-state index in [-0.39, 0.29) is 5.75 Å². The minimum atomic E-state index is -2.81. The van der Waals surface area contributed by atoms with E-state index in [1.807, 2.05) is 12.1 Å². The lowest BCUT2D eigenvalue weighted by atomic mass is 10.1. The van der Waals surface area contributed by atoms with Crippen LogP contribution in [0.5, 0.6) is 5.75 Å². The van der Waals surface area contributed by atoms with Crippen LogP contribution in [0.3, 0.4) is 0 Å². The van der Waals surface area contributed by atoms with Crippen molar-refractivity contribution in [2.24, 2.45) is 0 Å². The number of ether oxygens (including phenoxy) is 1. The standard InChI is InChI=1S/C11H11F2NO/c1-8-4-5-9(3-2-6-14)7-10(8)15-11(12)13/h4-5,7,11H,2-3H2,1H3. The van der Waals surface area contributed by atoms with Crippen molar-refractivity contribution in [2.75, 3.05) is 0 Å². The van der Waals surface area contributed by atoms with Gasteiger partial charge in [-0.3, -0.25) is 0 Å². The van der Waals surface area contributed by atoms with Gasteiger partial charge in [0.25, 0.3) is 0 Å². The Hall–Kier alpha value is -1.63. The van der Waals surface area contributed by atoms with E-state index in [1.165, 1.54) is 0 Å². The normalized spacial score (nSPS) is 10.1. The Morgan fingerprint density at radius 1 is 1.47 bits per heavy atom. The summed E-state index contributed by atoms with van der Waals surface area (Å²) in [6, 6.07) is 7.08. The molecule has 15 heavy (non-hydrogen) atoms. The van der Waals surface area contributed by atoms with Crippen LogP contribution in [0.1, 0.15) is 17.5 Å². The van der Waals surface area contributed by atoms with E-state index >= 15 is 0 Å². The molecule has 1 aromatic rings. The fourth-order valence-corrected chi connectivity index (χ4v) is 1.22. The zero-order chi connectivity index (χ0) is 11.3. The summed E-state index contributed by atoms with van der Waals surface area (Å²) >= 11 is 0. The summed E-state index contributed by atoms with van der Waals surface area (Å²) in [5, 5.41) is 8.40. The van der Waals surface area contributed by atoms with E-state index in [0.29, 0.717) is 18.4 Å². The third-order valence-corrected chi connectivity index (χ3v) is 1.99. The van der Waals surface area contributed by atoms with Crippen molar-refractivity contribution in [1.82, 2.24) is 0 Å². The number of hydrogen-bond acceptors (Lipinski definition) is 2. The first kappa shape index (κ1) is 11.4. The first-order valence-electron chi connectivity index (χ1n) is 4.55. The molecule has 4 heteroatoms. The van der Waals surface area contributed by atoms with E-state index in [2.05, 4.69) is 4.74 Å². The molecular weight excluding hydrogens is 200 g/mol. The maximum Gasteiger partial charge on any atom is 0.387 e. The summed E-state index contributed by atoms with van der Waals surface area (Å²) in [4.78, 5) is 0. The zero-order valence-electron chi connectivity index (χ0n) is 8.34. The summed E-state index contributed by atoms with van der Waals surface area (Å²) in [5.74, 6) is 0.181. The van der Waals surface area contributed by atoms with E-state index in [4.69, 9.17) is 5.26 Å². The summed E-state index contributed by atoms with van der Waals surface area (Å²) < 4.78 is 28.4. The third-order valence-electron chi connectivity index (χ3n) is 1.99. The second-order valence-corrected chi connectivity index (χ2v) is 3.14. The van der Waals surface area contributed by atoms with Crippen LogP contribution >= 0.6 is 0 Å². The predicted molar refractivity (Wildman–Crippen MR) is 51.7 cm³/mol. The summed E-state index contributed by atoms with van der Waals surface area (Å²) in [7, 11) is 0. The number of rotatable bonds is 4. The number of aryl methyl sites for hydroxylation is 2. The summed E-state index contributed by atoms with van der Waals surface area (Å²) in [6.07, 6.45) is 0.924. The molecule has 0 aliphatic carbocycles. The highest BCUT2D eigenvalue weighted by atomic mass is 19.3. The third kappa shape index (κ3) is 3.55. The fourth-order valence-electron chi connectivity index (χ4n) is 1.22. The van der Waals surface area contributed by atoms with Crippen LogP contribution in [0.4, 0.5) is 8.78 Å². The van der Waals surface area contributed by atoms with Crippen LogP contribution in [0.15, 0.2) is 18.2 Å². The van der Waals surface area contributed by atoms with E-state index in [0.717, 1.165) is 5.56 Å². The average molecular weight is 211 g/mol. The molecule has 0 bridgehead atoms. The zero-order valence-corrected chi connectivity index (χ0v) is 8.34. The van der Waals surface area contributed by atoms with Gasteiger partial charge in [-0.25, -0.2) is 0 Å². The van der Waals surface area contributed by atoms with Gasteiger partial charge in [-0.05, 0) is 30.5 Å². The lowest BCUT2D eigenvalue weighted by molar-refractivity contribution is -0.0503. The molecule has 0 aliphatic heterocycles. The van der Waals surface area contributed by atoms with Gasteiger partial charge in [-0.15, -0.1) is 0 Å². The summed E-state index contributed by atoms with van der Waals surface area (Å²) in [5.41, 5.74) is 1.49. The van der Waals surface area contributed by atoms with Gasteiger partial charge >= 0.3 is 6.61 Å². The molecule has 0 atom stereocenters. The van der Waals surface area contributed by atoms with E-state index in [9.17, 15) is 8.78 Å². The van der Waals surface area contributed by atoms with E-state index in [1.54, 1.807) is 19.1 Å². The average Bonchev–Trinajstić information content (AvgIpc) is 2.18. The topological polar surface area (TPSA) is 33.0 Å². The Balaban J connectivity index is 2.81. The van der Waals surface area contributed by atoms with Crippen molar-refractivity contribution in [3.05, 3.63) is 29.3 Å². The van der Waals surface area contributed by atoms with Gasteiger partial charge in [0.15, 0.2) is 0 Å². The highest BCUT2D eigenvalue weighted by Crippen LogP contribution is 2.22. The fraction of sp³-hybridized carbons (Fsp3) is 0.364. The molecule has 1 rings (SSSR count). The first-order chi connectivity index (χ1) is 7.13. The van der Waals surface area contributed by atoms with Crippen LogP contribution in [-0.2, 0) is 6.42 Å². The molecule has 0 unspecified atom stereocenters. The Bertz CT molecular complexity index is 371. The van der Waals surface area contributed by atoms with Gasteiger partial charge in [-0.2, -0.15) is 14.0 Å². The molecule has 0 aliphatic rings. The minimum absolute atomic E-state index is 0.181. The first-order valence-corrected chi connectivity index (χ1v) is 4.55. The van der Waals surface area contributed by atoms with Crippen LogP contribution in [0.2, 0.25) is 0 Å². The van der Waals surface area contributed by atoms with Gasteiger partial charge in [0.2, 0.25) is 0 Å². The Kier molecular flexibility index (Phi) is 4.04. The number of halogens is 2. The highest BCUT2D eigenvalue weighted by Gasteiger charge is 2.07. The van der Waals surface area contributed by atoms with Gasteiger partial charge in [0.1, 0.15) is 5.75 Å². The van der Waals surface area contributed by atoms with Crippen molar-refractivity contribution in [2.45, 2.75) is 26.4 Å². The molecule has 0 N–H and O–H groups in total. The monoisotopic (exact) mass is 211 g/mol. The van der Waals surface area contributed by atoms with Crippen LogP contribution < -0.4 is 4.74 Å². The van der Waals surface area contributed by atoms with Crippen molar-refractivity contribution in [3.63, 3.8) is 0 Å². The molecule has 0 heterocycles. The minimum Gasteiger partial charge on any atom is -0.435 e. The number of hydrogen-bond donors (Lipinski definition) is 0. The molecule has 80 valence electrons. The number of benzene rings is 1. The number of alkyl halides is 2. The predicted octanol–water partition coefficient (Wildman–Crippen LogP) is 3.05. The second-order valence-electron chi connectivity index (χ2n) is 3.14. The van der Waals surface area contributed by atoms with Crippen molar-refractivity contribution < 1.29 is 13.5 Å². The van der Waals surface area contributed by atoms with Crippen molar-refractivity contribution in [3.8, 4) is 11.8 Å². The largest absolute Gasteiger partial charge is 0.435 e. The van der Waals surface area contributed by atoms with Crippen LogP contribution in [0, 0.1) is 18.3 Å². The van der Waals surface area contributed by atoms with Crippen molar-refractivity contribution >= 4 is 0 Å². The van der Waals surface area contributed by atoms with Gasteiger partial charge < -0.3 is 4.74 Å². The summed E-state index contributed by atoms with van der Waals surface area (Å²) in [6.45, 7) is -1.11. The van der Waals surface area contributed by atoms with E-state index < -0.39 is 6.61 Å². The molecule has 0 saturated carbocycles. The van der Waals surface area contributed by atoms with Crippen LogP contribution in [0.25, 0.3) is 0 Å². The molecule has 1 aromatic carbocycles. The van der Waals surface area contributed by atoms with Gasteiger partial charge in [-0.1, -0.05) is 12.1 Å². The van der Waals surface area contributed by atoms with Gasteiger partial charge in [0.05, 0.1) is 6.07 Å². The SMILES string of the molecule is Cc1ccc(CCC#N)cc1OC(F)F. The van der Waals surface area contributed by atoms with Gasteiger partial charge in [0, 0.05) is 6.42 Å². The molecule has 0 fully saturated rings. The Morgan fingerprint density at radius 3 is 2.80 bits per heavy atom. The highest BCUT2D eigenvalue weighted by molar-refractivity contribution is 5.36. The van der Waals surface area contributed by atoms with Crippen molar-refractivity contribution in [1.29, 1.82) is 5.26 Å². The lowest BCUT2D eigenvalue weighted by Crippen LogP contribution is -2.03. The maximum atomic E-state index is 12.0. The Labute approximate surface area is 87.1 Å². The smallest absolute Gasteiger partial charge is 0.387 e. The molecule has 0 spiro atoms. The lowest BCUT2D eigenvalue weighted by Gasteiger charge is -2.09. The second kappa shape index (κ2) is 5.30. The Morgan fingerprint density at radius 2 is 2.20 bits per heavy atom. The quantitative estimate of drug-likeness (QED) is 0.766. The molecule has 0 saturated heterocycles. The number of nitriles is 1. The maximum absolute atomic E-state index is 12.0. The molecule has 0 radical (unpaired) electrons.